The Bertz CT molecular complexity index is 1650. The van der Waals surface area contributed by atoms with E-state index in [2.05, 4.69) is 160 Å². The molecule has 5 heteroatoms. The molecule has 0 saturated heterocycles. The summed E-state index contributed by atoms with van der Waals surface area (Å²) < 4.78 is 2.88. The fraction of sp³-hybridized carbons (Fsp3) is 0.139. The van der Waals surface area contributed by atoms with Gasteiger partial charge in [0.1, 0.15) is 5.54 Å². The molecule has 0 amide bonds. The lowest BCUT2D eigenvalue weighted by Crippen LogP contribution is -2.37. The van der Waals surface area contributed by atoms with Crippen molar-refractivity contribution in [1.29, 1.82) is 0 Å². The third-order valence-electron chi connectivity index (χ3n) is 8.04. The zero-order valence-corrected chi connectivity index (χ0v) is 24.7. The maximum absolute atomic E-state index is 5.13. The molecule has 0 aliphatic carbocycles. The first kappa shape index (κ1) is 26.9. The van der Waals surface area contributed by atoms with Crippen LogP contribution in [0, 0.1) is 13.8 Å². The molecule has 0 bridgehead atoms. The Hall–Kier alpha value is -4.35. The van der Waals surface area contributed by atoms with Gasteiger partial charge in [0.25, 0.3) is 0 Å². The molecule has 0 spiro atoms. The first-order chi connectivity index (χ1) is 20.1. The van der Waals surface area contributed by atoms with Gasteiger partial charge in [0.2, 0.25) is 0 Å². The largest absolute Gasteiger partial charge is 0.319 e. The summed E-state index contributed by atoms with van der Waals surface area (Å²) >= 11 is 3.46. The zero-order chi connectivity index (χ0) is 28.2. The van der Waals surface area contributed by atoms with E-state index >= 15 is 0 Å². The molecule has 202 valence electrons. The van der Waals surface area contributed by atoms with Gasteiger partial charge in [-0.25, -0.2) is 15.0 Å². The second kappa shape index (κ2) is 11.6. The van der Waals surface area contributed by atoms with Crippen LogP contribution in [0.25, 0.3) is 0 Å². The van der Waals surface area contributed by atoms with E-state index in [0.717, 1.165) is 11.4 Å². The van der Waals surface area contributed by atoms with Crippen molar-refractivity contribution >= 4 is 15.9 Å². The molecular weight excluding hydrogens is 568 g/mol. The lowest BCUT2D eigenvalue weighted by Gasteiger charge is -2.37. The van der Waals surface area contributed by atoms with Crippen molar-refractivity contribution in [1.82, 2.24) is 19.5 Å². The molecule has 0 fully saturated rings. The third kappa shape index (κ3) is 5.14. The number of aryl methyl sites for hydroxylation is 1. The van der Waals surface area contributed by atoms with E-state index < -0.39 is 5.54 Å². The number of halogens is 1. The molecule has 2 aromatic heterocycles. The summed E-state index contributed by atoms with van der Waals surface area (Å²) in [6.45, 7) is 4.37. The van der Waals surface area contributed by atoms with Crippen molar-refractivity contribution in [2.75, 3.05) is 0 Å². The van der Waals surface area contributed by atoms with Crippen molar-refractivity contribution in [3.05, 3.63) is 183 Å². The van der Waals surface area contributed by atoms with Crippen molar-refractivity contribution in [2.24, 2.45) is 0 Å². The van der Waals surface area contributed by atoms with Gasteiger partial charge in [-0.05, 0) is 69.2 Å². The molecule has 0 aliphatic heterocycles. The predicted octanol–water partition coefficient (Wildman–Crippen LogP) is 8.27. The summed E-state index contributed by atoms with van der Waals surface area (Å²) in [6.07, 6.45) is 6.74. The molecule has 1 atom stereocenters. The summed E-state index contributed by atoms with van der Waals surface area (Å²) in [5, 5.41) is 0. The maximum atomic E-state index is 5.13. The first-order valence-electron chi connectivity index (χ1n) is 13.8. The lowest BCUT2D eigenvalue weighted by molar-refractivity contribution is 0.514. The average molecular weight is 600 g/mol. The van der Waals surface area contributed by atoms with Crippen molar-refractivity contribution in [3.63, 3.8) is 0 Å². The summed E-state index contributed by atoms with van der Waals surface area (Å²) in [7, 11) is 0. The van der Waals surface area contributed by atoms with Gasteiger partial charge < -0.3 is 4.57 Å². The van der Waals surface area contributed by atoms with Gasteiger partial charge >= 0.3 is 0 Å². The molecule has 1 unspecified atom stereocenters. The molecule has 0 aliphatic rings. The second-order valence-electron chi connectivity index (χ2n) is 10.4. The van der Waals surface area contributed by atoms with E-state index in [-0.39, 0.29) is 5.92 Å². The minimum atomic E-state index is -0.612. The van der Waals surface area contributed by atoms with Gasteiger partial charge in [-0.3, -0.25) is 0 Å². The van der Waals surface area contributed by atoms with Crippen LogP contribution in [0.4, 0.5) is 0 Å². The van der Waals surface area contributed by atoms with Gasteiger partial charge in [-0.1, -0.05) is 109 Å². The Morgan fingerprint density at radius 3 is 1.85 bits per heavy atom. The van der Waals surface area contributed by atoms with Gasteiger partial charge in [0.15, 0.2) is 4.73 Å². The van der Waals surface area contributed by atoms with Gasteiger partial charge in [0.05, 0.1) is 12.0 Å². The Kier molecular flexibility index (Phi) is 7.62. The number of benzene rings is 4. The molecule has 2 heterocycles. The number of rotatable bonds is 8. The van der Waals surface area contributed by atoms with Crippen molar-refractivity contribution < 1.29 is 0 Å². The number of imidazole rings is 1. The Labute approximate surface area is 249 Å². The van der Waals surface area contributed by atoms with Crippen molar-refractivity contribution in [3.8, 4) is 0 Å². The topological polar surface area (TPSA) is 43.6 Å². The van der Waals surface area contributed by atoms with Crippen LogP contribution in [0.3, 0.4) is 0 Å². The lowest BCUT2D eigenvalue weighted by atomic mass is 9.76. The van der Waals surface area contributed by atoms with Gasteiger partial charge in [-0.15, -0.1) is 0 Å². The maximum Gasteiger partial charge on any atom is 0.196 e. The highest BCUT2D eigenvalue weighted by atomic mass is 79.9. The molecule has 4 nitrogen and oxygen atoms in total. The highest BCUT2D eigenvalue weighted by Gasteiger charge is 2.39. The Morgan fingerprint density at radius 2 is 1.29 bits per heavy atom. The fourth-order valence-corrected chi connectivity index (χ4v) is 6.25. The standard InChI is InChI=1S/C36H31BrN4/c1-26-13-12-20-32(27(26)2)33(23-31-21-22-38-35(37)40-31)34-24-41(25-39-34)36(28-14-6-3-7-15-28,29-16-8-4-9-17-29)30-18-10-5-11-19-30/h3-22,24-25,33H,23H2,1-2H3. The van der Waals surface area contributed by atoms with Gasteiger partial charge in [0, 0.05) is 30.4 Å². The van der Waals surface area contributed by atoms with Crippen LogP contribution in [0.2, 0.25) is 0 Å². The average Bonchev–Trinajstić information content (AvgIpc) is 3.50. The number of aromatic nitrogens is 4. The molecule has 0 radical (unpaired) electrons. The first-order valence-corrected chi connectivity index (χ1v) is 14.6. The third-order valence-corrected chi connectivity index (χ3v) is 8.42. The highest BCUT2D eigenvalue weighted by Crippen LogP contribution is 2.42. The molecule has 6 aromatic rings. The van der Waals surface area contributed by atoms with E-state index in [0.29, 0.717) is 11.2 Å². The van der Waals surface area contributed by atoms with E-state index in [9.17, 15) is 0 Å². The monoisotopic (exact) mass is 598 g/mol. The van der Waals surface area contributed by atoms with Crippen LogP contribution in [-0.2, 0) is 12.0 Å². The molecule has 4 aromatic carbocycles. The van der Waals surface area contributed by atoms with Crippen LogP contribution < -0.4 is 0 Å². The summed E-state index contributed by atoms with van der Waals surface area (Å²) in [5.74, 6) is 0.0120. The predicted molar refractivity (Wildman–Crippen MR) is 168 cm³/mol. The number of hydrogen-bond donors (Lipinski definition) is 0. The van der Waals surface area contributed by atoms with Crippen LogP contribution in [-0.4, -0.2) is 19.5 Å². The smallest absolute Gasteiger partial charge is 0.196 e. The van der Waals surface area contributed by atoms with Crippen molar-refractivity contribution in [2.45, 2.75) is 31.7 Å². The summed E-state index contributed by atoms with van der Waals surface area (Å²) in [4.78, 5) is 14.1. The molecule has 41 heavy (non-hydrogen) atoms. The van der Waals surface area contributed by atoms with Crippen LogP contribution in [0.1, 0.15) is 50.7 Å². The quantitative estimate of drug-likeness (QED) is 0.131. The molecule has 6 rings (SSSR count). The SMILES string of the molecule is Cc1cccc(C(Cc2ccnc(Br)n2)c2cn(C(c3ccccc3)(c3ccccc3)c3ccccc3)cn2)c1C. The number of hydrogen-bond acceptors (Lipinski definition) is 3. The van der Waals surface area contributed by atoms with E-state index in [1.165, 1.54) is 33.4 Å². The Balaban J connectivity index is 1.58. The minimum Gasteiger partial charge on any atom is -0.319 e. The molecular formula is C36H31BrN4. The highest BCUT2D eigenvalue weighted by molar-refractivity contribution is 9.10. The van der Waals surface area contributed by atoms with E-state index in [1.54, 1.807) is 6.20 Å². The minimum absolute atomic E-state index is 0.0120. The summed E-state index contributed by atoms with van der Waals surface area (Å²) in [5.41, 5.74) is 8.67. The normalized spacial score (nSPS) is 12.3. The van der Waals surface area contributed by atoms with E-state index in [4.69, 9.17) is 4.98 Å². The number of nitrogens with zero attached hydrogens (tertiary/aromatic N) is 4. The fourth-order valence-electron chi connectivity index (χ4n) is 5.90. The van der Waals surface area contributed by atoms with E-state index in [1.807, 2.05) is 12.4 Å². The molecule has 0 saturated carbocycles. The van der Waals surface area contributed by atoms with Gasteiger partial charge in [-0.2, -0.15) is 0 Å². The van der Waals surface area contributed by atoms with Crippen LogP contribution in [0.15, 0.2) is 139 Å². The summed E-state index contributed by atoms with van der Waals surface area (Å²) in [6, 6.07) is 40.6. The molecule has 0 N–H and O–H groups in total. The second-order valence-corrected chi connectivity index (χ2v) is 11.1. The Morgan fingerprint density at radius 1 is 0.707 bits per heavy atom. The van der Waals surface area contributed by atoms with Crippen LogP contribution >= 0.6 is 15.9 Å². The zero-order valence-electron chi connectivity index (χ0n) is 23.2. The van der Waals surface area contributed by atoms with Crippen LogP contribution in [0.5, 0.6) is 0 Å².